The zero-order valence-electron chi connectivity index (χ0n) is 17.1. The van der Waals surface area contributed by atoms with E-state index in [0.717, 1.165) is 17.5 Å². The zero-order valence-corrected chi connectivity index (χ0v) is 17.1. The average Bonchev–Trinajstić information content (AvgIpc) is 2.49. The van der Waals surface area contributed by atoms with Crippen molar-refractivity contribution < 1.29 is 10.2 Å². The van der Waals surface area contributed by atoms with Gasteiger partial charge in [0.2, 0.25) is 0 Å². The molecule has 2 N–H and O–H groups in total. The highest BCUT2D eigenvalue weighted by molar-refractivity contribution is 5.49. The number of aryl methyl sites for hydroxylation is 2. The maximum atomic E-state index is 10.5. The van der Waals surface area contributed by atoms with Gasteiger partial charge in [0, 0.05) is 0 Å². The molecule has 0 saturated carbocycles. The number of phenols is 2. The Balaban J connectivity index is 0.000000324. The summed E-state index contributed by atoms with van der Waals surface area (Å²) in [5.41, 5.74) is 4.55. The third kappa shape index (κ3) is 6.12. The lowest BCUT2D eigenvalue weighted by atomic mass is 9.78. The summed E-state index contributed by atoms with van der Waals surface area (Å²) in [6.45, 7) is 17.0. The van der Waals surface area contributed by atoms with Gasteiger partial charge in [-0.2, -0.15) is 0 Å². The van der Waals surface area contributed by atoms with E-state index in [4.69, 9.17) is 5.11 Å². The third-order valence-corrected chi connectivity index (χ3v) is 4.23. The molecule has 0 unspecified atom stereocenters. The monoisotopic (exact) mass is 342 g/mol. The summed E-state index contributed by atoms with van der Waals surface area (Å²) in [4.78, 5) is 0. The molecule has 2 heteroatoms. The maximum absolute atomic E-state index is 10.5. The Hall–Kier alpha value is -1.96. The molecular formula is C23H34O2. The van der Waals surface area contributed by atoms with Gasteiger partial charge in [-0.25, -0.2) is 0 Å². The van der Waals surface area contributed by atoms with E-state index in [-0.39, 0.29) is 10.8 Å². The maximum Gasteiger partial charge on any atom is 0.123 e. The molecule has 0 heterocycles. The summed E-state index contributed by atoms with van der Waals surface area (Å²) in [5, 5.41) is 19.2. The van der Waals surface area contributed by atoms with Gasteiger partial charge in [0.05, 0.1) is 0 Å². The fourth-order valence-corrected chi connectivity index (χ4v) is 2.59. The Kier molecular flexibility index (Phi) is 6.70. The van der Waals surface area contributed by atoms with Crippen LogP contribution in [0.1, 0.15) is 70.7 Å². The first kappa shape index (κ1) is 21.1. The fraction of sp³-hybridized carbons (Fsp3) is 0.478. The van der Waals surface area contributed by atoms with Gasteiger partial charge in [-0.3, -0.25) is 0 Å². The normalized spacial score (nSPS) is 11.7. The van der Waals surface area contributed by atoms with E-state index in [2.05, 4.69) is 60.6 Å². The molecule has 2 rings (SSSR count). The van der Waals surface area contributed by atoms with Gasteiger partial charge >= 0.3 is 0 Å². The van der Waals surface area contributed by atoms with Gasteiger partial charge in [0.25, 0.3) is 0 Å². The second kappa shape index (κ2) is 7.95. The largest absolute Gasteiger partial charge is 0.508 e. The topological polar surface area (TPSA) is 40.5 Å². The summed E-state index contributed by atoms with van der Waals surface area (Å²) in [6.07, 6.45) is 1.01. The molecular weight excluding hydrogens is 308 g/mol. The van der Waals surface area contributed by atoms with Crippen LogP contribution in [0.15, 0.2) is 36.4 Å². The Morgan fingerprint density at radius 2 is 1.16 bits per heavy atom. The SMILES string of the molecule is CCc1cc(C(C)(C)C)c(O)c(C(C)(C)C)c1.Cc1ccc(O)cc1. The first-order valence-corrected chi connectivity index (χ1v) is 8.98. The molecule has 0 bridgehead atoms. The van der Waals surface area contributed by atoms with E-state index >= 15 is 0 Å². The highest BCUT2D eigenvalue weighted by atomic mass is 16.3. The average molecular weight is 343 g/mol. The van der Waals surface area contributed by atoms with Crippen molar-refractivity contribution >= 4 is 0 Å². The van der Waals surface area contributed by atoms with Crippen molar-refractivity contribution in [2.75, 3.05) is 0 Å². The Labute approximate surface area is 153 Å². The second-order valence-electron chi connectivity index (χ2n) is 8.73. The highest BCUT2D eigenvalue weighted by Crippen LogP contribution is 2.39. The van der Waals surface area contributed by atoms with Gasteiger partial charge in [-0.1, -0.05) is 78.3 Å². The molecule has 0 atom stereocenters. The smallest absolute Gasteiger partial charge is 0.123 e. The summed E-state index contributed by atoms with van der Waals surface area (Å²) in [6, 6.07) is 11.4. The lowest BCUT2D eigenvalue weighted by molar-refractivity contribution is 0.422. The van der Waals surface area contributed by atoms with Crippen LogP contribution >= 0.6 is 0 Å². The standard InChI is InChI=1S/C16H26O.C7H8O/c1-8-11-9-12(15(2,3)4)14(17)13(10-11)16(5,6)7;1-6-2-4-7(8)5-3-6/h9-10,17H,8H2,1-7H3;2-5,8H,1H3. The Morgan fingerprint density at radius 3 is 1.44 bits per heavy atom. The predicted octanol–water partition coefficient (Wildman–Crippen LogP) is 6.25. The van der Waals surface area contributed by atoms with Gasteiger partial charge < -0.3 is 10.2 Å². The molecule has 138 valence electrons. The van der Waals surface area contributed by atoms with Crippen molar-refractivity contribution in [3.63, 3.8) is 0 Å². The molecule has 0 spiro atoms. The number of hydrogen-bond donors (Lipinski definition) is 2. The van der Waals surface area contributed by atoms with E-state index in [9.17, 15) is 5.11 Å². The predicted molar refractivity (Wildman–Crippen MR) is 108 cm³/mol. The van der Waals surface area contributed by atoms with E-state index < -0.39 is 0 Å². The molecule has 25 heavy (non-hydrogen) atoms. The summed E-state index contributed by atoms with van der Waals surface area (Å²) in [5.74, 6) is 0.804. The lowest BCUT2D eigenvalue weighted by Gasteiger charge is -2.28. The van der Waals surface area contributed by atoms with Gasteiger partial charge in [-0.05, 0) is 53.0 Å². The molecule has 0 aliphatic rings. The molecule has 0 aliphatic carbocycles. The zero-order chi connectivity index (χ0) is 19.4. The molecule has 2 nitrogen and oxygen atoms in total. The van der Waals surface area contributed by atoms with E-state index in [1.54, 1.807) is 12.1 Å². The van der Waals surface area contributed by atoms with E-state index in [0.29, 0.717) is 11.5 Å². The molecule has 0 aromatic heterocycles. The lowest BCUT2D eigenvalue weighted by Crippen LogP contribution is -2.17. The molecule has 2 aromatic carbocycles. The van der Waals surface area contributed by atoms with Crippen molar-refractivity contribution in [3.05, 3.63) is 58.7 Å². The first-order chi connectivity index (χ1) is 11.4. The van der Waals surface area contributed by atoms with Gasteiger partial charge in [-0.15, -0.1) is 0 Å². The Bertz CT molecular complexity index is 628. The van der Waals surface area contributed by atoms with Crippen LogP contribution in [-0.2, 0) is 17.3 Å². The van der Waals surface area contributed by atoms with Crippen molar-refractivity contribution in [3.8, 4) is 11.5 Å². The minimum absolute atomic E-state index is 0.0186. The van der Waals surface area contributed by atoms with Crippen LogP contribution in [0.4, 0.5) is 0 Å². The van der Waals surface area contributed by atoms with Crippen molar-refractivity contribution in [2.45, 2.75) is 72.6 Å². The molecule has 0 radical (unpaired) electrons. The Morgan fingerprint density at radius 1 is 0.760 bits per heavy atom. The van der Waals surface area contributed by atoms with E-state index in [1.165, 1.54) is 11.1 Å². The molecule has 2 aromatic rings. The van der Waals surface area contributed by atoms with Crippen LogP contribution in [-0.4, -0.2) is 10.2 Å². The molecule has 0 saturated heterocycles. The van der Waals surface area contributed by atoms with Crippen molar-refractivity contribution in [1.29, 1.82) is 0 Å². The molecule has 0 amide bonds. The molecule has 0 aliphatic heterocycles. The number of hydrogen-bond acceptors (Lipinski definition) is 2. The van der Waals surface area contributed by atoms with Crippen LogP contribution < -0.4 is 0 Å². The molecule has 0 fully saturated rings. The van der Waals surface area contributed by atoms with Crippen molar-refractivity contribution in [2.24, 2.45) is 0 Å². The summed E-state index contributed by atoms with van der Waals surface area (Å²) >= 11 is 0. The third-order valence-electron chi connectivity index (χ3n) is 4.23. The highest BCUT2D eigenvalue weighted by Gasteiger charge is 2.26. The first-order valence-electron chi connectivity index (χ1n) is 8.98. The number of aromatic hydroxyl groups is 2. The minimum Gasteiger partial charge on any atom is -0.508 e. The summed E-state index contributed by atoms with van der Waals surface area (Å²) in [7, 11) is 0. The fourth-order valence-electron chi connectivity index (χ4n) is 2.59. The van der Waals surface area contributed by atoms with Crippen LogP contribution in [0.5, 0.6) is 11.5 Å². The van der Waals surface area contributed by atoms with Crippen LogP contribution in [0.25, 0.3) is 0 Å². The van der Waals surface area contributed by atoms with Crippen LogP contribution in [0.3, 0.4) is 0 Å². The van der Waals surface area contributed by atoms with Crippen LogP contribution in [0, 0.1) is 6.92 Å². The summed E-state index contributed by atoms with van der Waals surface area (Å²) < 4.78 is 0. The number of benzene rings is 2. The van der Waals surface area contributed by atoms with Crippen molar-refractivity contribution in [1.82, 2.24) is 0 Å². The van der Waals surface area contributed by atoms with E-state index in [1.807, 2.05) is 19.1 Å². The van der Waals surface area contributed by atoms with Gasteiger partial charge in [0.1, 0.15) is 11.5 Å². The minimum atomic E-state index is -0.0186. The van der Waals surface area contributed by atoms with Gasteiger partial charge in [0.15, 0.2) is 0 Å². The van der Waals surface area contributed by atoms with Crippen LogP contribution in [0.2, 0.25) is 0 Å². The number of rotatable bonds is 1. The second-order valence-corrected chi connectivity index (χ2v) is 8.73. The number of phenolic OH excluding ortho intramolecular Hbond substituents is 2. The quantitative estimate of drug-likeness (QED) is 0.643.